The summed E-state index contributed by atoms with van der Waals surface area (Å²) in [6.45, 7) is 7.71. The molecule has 0 saturated carbocycles. The van der Waals surface area contributed by atoms with Crippen LogP contribution < -0.4 is 5.32 Å². The molecule has 0 radical (unpaired) electrons. The molecule has 0 bridgehead atoms. The number of carboxylic acid groups (broad SMARTS) is 1. The maximum absolute atomic E-state index is 13.3. The van der Waals surface area contributed by atoms with Crippen LogP contribution in [0.2, 0.25) is 5.02 Å². The number of halogens is 4. The van der Waals surface area contributed by atoms with Crippen LogP contribution in [0.25, 0.3) is 11.0 Å². The highest BCUT2D eigenvalue weighted by molar-refractivity contribution is 6.30. The Balaban J connectivity index is 1.71. The van der Waals surface area contributed by atoms with Crippen LogP contribution in [0, 0.1) is 5.41 Å². The number of imidazole rings is 1. The maximum atomic E-state index is 13.3. The highest BCUT2D eigenvalue weighted by Gasteiger charge is 2.46. The first kappa shape index (κ1) is 31.1. The van der Waals surface area contributed by atoms with E-state index in [0.29, 0.717) is 40.0 Å². The molecule has 1 aliphatic rings. The molecule has 1 saturated heterocycles. The van der Waals surface area contributed by atoms with E-state index in [1.54, 1.807) is 34.9 Å². The summed E-state index contributed by atoms with van der Waals surface area (Å²) in [7, 11) is 0. The number of carbonyl (C=O) groups excluding carboxylic acids is 2. The number of nitrogens with zero attached hydrogens (tertiary/aromatic N) is 4. The smallest absolute Gasteiger partial charge is 0.465 e. The number of carbonyl (C=O) groups is 3. The first-order chi connectivity index (χ1) is 19.6. The third-order valence-electron chi connectivity index (χ3n) is 7.74. The average molecular weight is 608 g/mol. The standard InChI is InChI=1S/C29H33ClF3N5O4/c1-17(28(2,3)4)37(27(41)42)15-18-7-12-23-22(14-18)34-26(35-24(39)19-8-10-20(30)11-9-19)38(23)16-21-6-5-13-36(21)25(40)29(31,32)33/h7-12,14,17,21H,5-6,13,15-16H2,1-4H3,(H,41,42)(H,34,35,39)/t17-,21?/m0/s1. The highest BCUT2D eigenvalue weighted by atomic mass is 35.5. The first-order valence-corrected chi connectivity index (χ1v) is 13.9. The predicted octanol–water partition coefficient (Wildman–Crippen LogP) is 6.41. The van der Waals surface area contributed by atoms with E-state index in [0.717, 1.165) is 4.90 Å². The van der Waals surface area contributed by atoms with Crippen LogP contribution in [0.5, 0.6) is 0 Å². The van der Waals surface area contributed by atoms with Crippen molar-refractivity contribution in [2.75, 3.05) is 11.9 Å². The van der Waals surface area contributed by atoms with Gasteiger partial charge in [-0.25, -0.2) is 9.78 Å². The molecule has 9 nitrogen and oxygen atoms in total. The van der Waals surface area contributed by atoms with Gasteiger partial charge >= 0.3 is 18.2 Å². The second-order valence-electron chi connectivity index (χ2n) is 11.6. The Bertz CT molecular complexity index is 1480. The molecule has 1 unspecified atom stereocenters. The zero-order valence-corrected chi connectivity index (χ0v) is 24.5. The van der Waals surface area contributed by atoms with Crippen molar-refractivity contribution in [3.8, 4) is 0 Å². The minimum atomic E-state index is -5.00. The third-order valence-corrected chi connectivity index (χ3v) is 7.99. The number of nitrogens with one attached hydrogen (secondary N) is 1. The summed E-state index contributed by atoms with van der Waals surface area (Å²) in [6.07, 6.45) is -5.32. The number of fused-ring (bicyclic) bond motifs is 1. The van der Waals surface area contributed by atoms with Crippen LogP contribution in [-0.2, 0) is 17.9 Å². The Morgan fingerprint density at radius 3 is 2.40 bits per heavy atom. The lowest BCUT2D eigenvalue weighted by Crippen LogP contribution is -2.45. The Kier molecular flexibility index (Phi) is 8.77. The van der Waals surface area contributed by atoms with Gasteiger partial charge in [0, 0.05) is 36.3 Å². The summed E-state index contributed by atoms with van der Waals surface area (Å²) in [4.78, 5) is 44.0. The molecule has 2 N–H and O–H groups in total. The van der Waals surface area contributed by atoms with E-state index in [-0.39, 0.29) is 37.0 Å². The molecule has 42 heavy (non-hydrogen) atoms. The molecule has 1 aromatic heterocycles. The zero-order chi connectivity index (χ0) is 31.0. The van der Waals surface area contributed by atoms with Crippen molar-refractivity contribution in [1.29, 1.82) is 0 Å². The molecule has 13 heteroatoms. The van der Waals surface area contributed by atoms with Gasteiger partial charge in [-0.1, -0.05) is 38.4 Å². The maximum Gasteiger partial charge on any atom is 0.471 e. The second kappa shape index (κ2) is 11.8. The van der Waals surface area contributed by atoms with Crippen LogP contribution in [0.4, 0.5) is 23.9 Å². The van der Waals surface area contributed by atoms with E-state index in [9.17, 15) is 32.7 Å². The van der Waals surface area contributed by atoms with Crippen molar-refractivity contribution in [2.24, 2.45) is 5.41 Å². The van der Waals surface area contributed by atoms with Crippen LogP contribution in [0.3, 0.4) is 0 Å². The lowest BCUT2D eigenvalue weighted by Gasteiger charge is -2.36. The van der Waals surface area contributed by atoms with Gasteiger partial charge in [-0.15, -0.1) is 0 Å². The van der Waals surface area contributed by atoms with Gasteiger partial charge in [-0.2, -0.15) is 13.2 Å². The van der Waals surface area contributed by atoms with Gasteiger partial charge < -0.3 is 19.5 Å². The fourth-order valence-corrected chi connectivity index (χ4v) is 5.16. The topological polar surface area (TPSA) is 108 Å². The number of aromatic nitrogens is 2. The van der Waals surface area contributed by atoms with Crippen molar-refractivity contribution < 1.29 is 32.7 Å². The van der Waals surface area contributed by atoms with Crippen LogP contribution >= 0.6 is 11.6 Å². The summed E-state index contributed by atoms with van der Waals surface area (Å²) in [5.74, 6) is -2.31. The molecule has 1 aliphatic heterocycles. The molecule has 4 rings (SSSR count). The van der Waals surface area contributed by atoms with Gasteiger partial charge in [-0.05, 0) is 67.1 Å². The minimum absolute atomic E-state index is 0.0246. The largest absolute Gasteiger partial charge is 0.471 e. The van der Waals surface area contributed by atoms with Gasteiger partial charge in [-0.3, -0.25) is 14.9 Å². The number of hydrogen-bond donors (Lipinski definition) is 2. The number of rotatable bonds is 7. The van der Waals surface area contributed by atoms with Gasteiger partial charge in [0.05, 0.1) is 17.1 Å². The summed E-state index contributed by atoms with van der Waals surface area (Å²) in [5, 5.41) is 13.1. The van der Waals surface area contributed by atoms with Crippen molar-refractivity contribution in [2.45, 2.75) is 71.9 Å². The van der Waals surface area contributed by atoms with E-state index in [2.05, 4.69) is 10.3 Å². The summed E-state index contributed by atoms with van der Waals surface area (Å²) in [6, 6.07) is 10.2. The molecule has 3 aromatic rings. The van der Waals surface area contributed by atoms with E-state index in [1.165, 1.54) is 17.0 Å². The molecule has 226 valence electrons. The molecule has 2 aromatic carbocycles. The fourth-order valence-electron chi connectivity index (χ4n) is 5.03. The fraction of sp³-hybridized carbons (Fsp3) is 0.448. The van der Waals surface area contributed by atoms with Gasteiger partial charge in [0.2, 0.25) is 5.95 Å². The van der Waals surface area contributed by atoms with E-state index in [4.69, 9.17) is 11.6 Å². The summed E-state index contributed by atoms with van der Waals surface area (Å²) < 4.78 is 41.4. The van der Waals surface area contributed by atoms with Crippen LogP contribution in [0.1, 0.15) is 56.5 Å². The number of anilines is 1. The van der Waals surface area contributed by atoms with Gasteiger partial charge in [0.1, 0.15) is 0 Å². The predicted molar refractivity (Wildman–Crippen MR) is 152 cm³/mol. The minimum Gasteiger partial charge on any atom is -0.465 e. The molecule has 2 atom stereocenters. The van der Waals surface area contributed by atoms with E-state index >= 15 is 0 Å². The van der Waals surface area contributed by atoms with Crippen LogP contribution in [0.15, 0.2) is 42.5 Å². The molecule has 0 spiro atoms. The Morgan fingerprint density at radius 2 is 1.81 bits per heavy atom. The summed E-state index contributed by atoms with van der Waals surface area (Å²) >= 11 is 5.94. The summed E-state index contributed by atoms with van der Waals surface area (Å²) in [5.41, 5.74) is 1.56. The molecule has 0 aliphatic carbocycles. The quantitative estimate of drug-likeness (QED) is 0.323. The zero-order valence-electron chi connectivity index (χ0n) is 23.7. The number of hydrogen-bond acceptors (Lipinski definition) is 4. The van der Waals surface area contributed by atoms with Crippen molar-refractivity contribution in [3.63, 3.8) is 0 Å². The number of alkyl halides is 3. The van der Waals surface area contributed by atoms with Crippen molar-refractivity contribution >= 4 is 46.5 Å². The van der Waals surface area contributed by atoms with E-state index in [1.807, 2.05) is 27.7 Å². The van der Waals surface area contributed by atoms with Crippen LogP contribution in [-0.4, -0.2) is 67.2 Å². The normalized spacial score (nSPS) is 16.5. The lowest BCUT2D eigenvalue weighted by atomic mass is 9.87. The molecular formula is C29H33ClF3N5O4. The highest BCUT2D eigenvalue weighted by Crippen LogP contribution is 2.31. The van der Waals surface area contributed by atoms with Gasteiger partial charge in [0.25, 0.3) is 5.91 Å². The SMILES string of the molecule is C[C@H](N(Cc1ccc2c(c1)nc(NC(=O)c1ccc(Cl)cc1)n2CC1CCCN1C(=O)C(F)(F)F)C(=O)O)C(C)(C)C. The Labute approximate surface area is 246 Å². The number of likely N-dealkylation sites (tertiary alicyclic amines) is 1. The average Bonchev–Trinajstić information content (AvgIpc) is 3.49. The second-order valence-corrected chi connectivity index (χ2v) is 12.0. The number of amides is 3. The third kappa shape index (κ3) is 6.80. The van der Waals surface area contributed by atoms with E-state index < -0.39 is 30.1 Å². The van der Waals surface area contributed by atoms with Crippen molar-refractivity contribution in [3.05, 3.63) is 58.6 Å². The monoisotopic (exact) mass is 607 g/mol. The lowest BCUT2D eigenvalue weighted by molar-refractivity contribution is -0.186. The van der Waals surface area contributed by atoms with Crippen molar-refractivity contribution in [1.82, 2.24) is 19.4 Å². The molecule has 3 amide bonds. The Hall–Kier alpha value is -3.80. The molecule has 1 fully saturated rings. The first-order valence-electron chi connectivity index (χ1n) is 13.5. The number of benzene rings is 2. The van der Waals surface area contributed by atoms with Gasteiger partial charge in [0.15, 0.2) is 0 Å². The molecule has 2 heterocycles. The molecular weight excluding hydrogens is 575 g/mol. The Morgan fingerprint density at radius 1 is 1.14 bits per heavy atom.